The van der Waals surface area contributed by atoms with Crippen LogP contribution in [0.5, 0.6) is 0 Å². The van der Waals surface area contributed by atoms with Crippen molar-refractivity contribution in [2.24, 2.45) is 0 Å². The number of halogens is 1. The monoisotopic (exact) mass is 284 g/mol. The van der Waals surface area contributed by atoms with Gasteiger partial charge in [0.05, 0.1) is 9.95 Å². The zero-order valence-corrected chi connectivity index (χ0v) is 12.2. The molecule has 1 aromatic rings. The van der Waals surface area contributed by atoms with E-state index < -0.39 is 4.92 Å². The van der Waals surface area contributed by atoms with Crippen molar-refractivity contribution < 1.29 is 4.92 Å². The van der Waals surface area contributed by atoms with Gasteiger partial charge in [0.1, 0.15) is 0 Å². The number of nitrogens with zero attached hydrogens (tertiary/aromatic N) is 1. The van der Waals surface area contributed by atoms with Crippen LogP contribution in [0.2, 0.25) is 5.02 Å². The zero-order chi connectivity index (χ0) is 14.3. The van der Waals surface area contributed by atoms with Crippen molar-refractivity contribution in [3.05, 3.63) is 38.9 Å². The van der Waals surface area contributed by atoms with E-state index in [2.05, 4.69) is 19.2 Å². The van der Waals surface area contributed by atoms with Gasteiger partial charge in [0.2, 0.25) is 0 Å². The number of non-ortho nitro benzene ring substituents is 1. The predicted molar refractivity (Wildman–Crippen MR) is 78.6 cm³/mol. The molecule has 0 aliphatic rings. The summed E-state index contributed by atoms with van der Waals surface area (Å²) in [5.41, 5.74) is 0.930. The van der Waals surface area contributed by atoms with Gasteiger partial charge >= 0.3 is 0 Å². The molecule has 0 saturated heterocycles. The van der Waals surface area contributed by atoms with Crippen molar-refractivity contribution in [1.82, 2.24) is 5.32 Å². The molecular weight excluding hydrogens is 264 g/mol. The number of unbranched alkanes of at least 4 members (excludes halogenated alkanes) is 2. The number of nitro benzene ring substituents is 1. The summed E-state index contributed by atoms with van der Waals surface area (Å²) in [5, 5.41) is 14.4. The summed E-state index contributed by atoms with van der Waals surface area (Å²) in [6.07, 6.45) is 4.84. The summed E-state index contributed by atoms with van der Waals surface area (Å²) in [5.74, 6) is 0. The second-order valence-electron chi connectivity index (χ2n) is 4.81. The van der Waals surface area contributed by atoms with Gasteiger partial charge in [-0.1, -0.05) is 37.8 Å². The van der Waals surface area contributed by atoms with E-state index in [-0.39, 0.29) is 5.69 Å². The van der Waals surface area contributed by atoms with E-state index in [9.17, 15) is 10.1 Å². The highest BCUT2D eigenvalue weighted by Crippen LogP contribution is 2.22. The Kier molecular flexibility index (Phi) is 6.81. The molecule has 0 fully saturated rings. The summed E-state index contributed by atoms with van der Waals surface area (Å²) < 4.78 is 0. The van der Waals surface area contributed by atoms with E-state index in [0.717, 1.165) is 12.0 Å². The minimum Gasteiger partial charge on any atom is -0.310 e. The molecule has 1 unspecified atom stereocenters. The standard InChI is InChI=1S/C14H21ClN2O2/c1-3-4-5-6-11(2)16-10-12-7-8-13(17(18)19)9-14(12)15/h7-9,11,16H,3-6,10H2,1-2H3. The smallest absolute Gasteiger partial charge is 0.270 e. The molecule has 0 aliphatic carbocycles. The van der Waals surface area contributed by atoms with Crippen molar-refractivity contribution in [2.45, 2.75) is 52.1 Å². The van der Waals surface area contributed by atoms with Crippen LogP contribution in [0.15, 0.2) is 18.2 Å². The Hall–Kier alpha value is -1.13. The molecular formula is C14H21ClN2O2. The van der Waals surface area contributed by atoms with Gasteiger partial charge in [-0.15, -0.1) is 0 Å². The normalized spacial score (nSPS) is 12.4. The summed E-state index contributed by atoms with van der Waals surface area (Å²) in [6.45, 7) is 4.98. The van der Waals surface area contributed by atoms with Crippen LogP contribution in [0.1, 0.15) is 45.1 Å². The predicted octanol–water partition coefficient (Wildman–Crippen LogP) is 4.31. The van der Waals surface area contributed by atoms with E-state index in [1.807, 2.05) is 0 Å². The van der Waals surface area contributed by atoms with E-state index in [1.165, 1.54) is 31.4 Å². The number of rotatable bonds is 8. The van der Waals surface area contributed by atoms with E-state index in [4.69, 9.17) is 11.6 Å². The van der Waals surface area contributed by atoms with Gasteiger partial charge in [-0.05, 0) is 25.0 Å². The van der Waals surface area contributed by atoms with Gasteiger partial charge in [0.25, 0.3) is 5.69 Å². The van der Waals surface area contributed by atoms with E-state index in [1.54, 1.807) is 6.07 Å². The van der Waals surface area contributed by atoms with Crippen LogP contribution in [0.25, 0.3) is 0 Å². The number of benzene rings is 1. The van der Waals surface area contributed by atoms with Crippen molar-refractivity contribution in [3.8, 4) is 0 Å². The molecule has 5 heteroatoms. The molecule has 0 spiro atoms. The van der Waals surface area contributed by atoms with Crippen LogP contribution < -0.4 is 5.32 Å². The molecule has 1 atom stereocenters. The molecule has 1 rings (SSSR count). The third-order valence-electron chi connectivity index (χ3n) is 3.13. The Morgan fingerprint density at radius 3 is 2.74 bits per heavy atom. The van der Waals surface area contributed by atoms with Crippen LogP contribution in [0.4, 0.5) is 5.69 Å². The summed E-state index contributed by atoms with van der Waals surface area (Å²) in [7, 11) is 0. The molecule has 0 aromatic heterocycles. The molecule has 0 aliphatic heterocycles. The maximum atomic E-state index is 10.6. The van der Waals surface area contributed by atoms with E-state index >= 15 is 0 Å². The molecule has 19 heavy (non-hydrogen) atoms. The molecule has 0 heterocycles. The highest BCUT2D eigenvalue weighted by molar-refractivity contribution is 6.31. The zero-order valence-electron chi connectivity index (χ0n) is 11.5. The first kappa shape index (κ1) is 15.9. The molecule has 1 N–H and O–H groups in total. The highest BCUT2D eigenvalue weighted by Gasteiger charge is 2.10. The summed E-state index contributed by atoms with van der Waals surface area (Å²) in [4.78, 5) is 10.2. The Morgan fingerprint density at radius 1 is 1.42 bits per heavy atom. The van der Waals surface area contributed by atoms with Crippen molar-refractivity contribution in [3.63, 3.8) is 0 Å². The molecule has 106 valence electrons. The quantitative estimate of drug-likeness (QED) is 0.440. The molecule has 0 bridgehead atoms. The topological polar surface area (TPSA) is 55.2 Å². The van der Waals surface area contributed by atoms with Crippen LogP contribution in [0, 0.1) is 10.1 Å². The van der Waals surface area contributed by atoms with Gasteiger partial charge in [-0.3, -0.25) is 10.1 Å². The van der Waals surface area contributed by atoms with Crippen molar-refractivity contribution >= 4 is 17.3 Å². The molecule has 0 saturated carbocycles. The van der Waals surface area contributed by atoms with Gasteiger partial charge in [-0.25, -0.2) is 0 Å². The van der Waals surface area contributed by atoms with E-state index in [0.29, 0.717) is 17.6 Å². The first-order valence-electron chi connectivity index (χ1n) is 6.70. The Labute approximate surface area is 119 Å². The summed E-state index contributed by atoms with van der Waals surface area (Å²) >= 11 is 6.04. The van der Waals surface area contributed by atoms with Gasteiger partial charge in [0.15, 0.2) is 0 Å². The minimum absolute atomic E-state index is 0.0322. The number of hydrogen-bond donors (Lipinski definition) is 1. The lowest BCUT2D eigenvalue weighted by Gasteiger charge is -2.14. The average Bonchev–Trinajstić information content (AvgIpc) is 2.37. The maximum Gasteiger partial charge on any atom is 0.270 e. The molecule has 4 nitrogen and oxygen atoms in total. The molecule has 0 radical (unpaired) electrons. The lowest BCUT2D eigenvalue weighted by atomic mass is 10.1. The highest BCUT2D eigenvalue weighted by atomic mass is 35.5. The fraction of sp³-hybridized carbons (Fsp3) is 0.571. The van der Waals surface area contributed by atoms with Crippen molar-refractivity contribution in [2.75, 3.05) is 0 Å². The minimum atomic E-state index is -0.434. The first-order valence-corrected chi connectivity index (χ1v) is 7.08. The third-order valence-corrected chi connectivity index (χ3v) is 3.48. The van der Waals surface area contributed by atoms with Gasteiger partial charge in [0, 0.05) is 24.7 Å². The molecule has 0 amide bonds. The Bertz CT molecular complexity index is 424. The van der Waals surface area contributed by atoms with Crippen LogP contribution in [-0.2, 0) is 6.54 Å². The largest absolute Gasteiger partial charge is 0.310 e. The van der Waals surface area contributed by atoms with Crippen LogP contribution >= 0.6 is 11.6 Å². The Balaban J connectivity index is 2.47. The number of nitro groups is 1. The van der Waals surface area contributed by atoms with Gasteiger partial charge in [-0.2, -0.15) is 0 Å². The third kappa shape index (κ3) is 5.57. The van der Waals surface area contributed by atoms with Crippen molar-refractivity contribution in [1.29, 1.82) is 0 Å². The van der Waals surface area contributed by atoms with Gasteiger partial charge < -0.3 is 5.32 Å². The molecule has 1 aromatic carbocycles. The van der Waals surface area contributed by atoms with Crippen LogP contribution in [0.3, 0.4) is 0 Å². The second-order valence-corrected chi connectivity index (χ2v) is 5.22. The second kappa shape index (κ2) is 8.12. The average molecular weight is 285 g/mol. The lowest BCUT2D eigenvalue weighted by Crippen LogP contribution is -2.25. The Morgan fingerprint density at radius 2 is 2.16 bits per heavy atom. The first-order chi connectivity index (χ1) is 9.04. The SMILES string of the molecule is CCCCCC(C)NCc1ccc([N+](=O)[O-])cc1Cl. The summed E-state index contributed by atoms with van der Waals surface area (Å²) in [6, 6.07) is 5.04. The maximum absolute atomic E-state index is 10.6. The van der Waals surface area contributed by atoms with Crippen LogP contribution in [-0.4, -0.2) is 11.0 Å². The fourth-order valence-electron chi connectivity index (χ4n) is 1.88. The number of hydrogen-bond acceptors (Lipinski definition) is 3. The lowest BCUT2D eigenvalue weighted by molar-refractivity contribution is -0.384. The number of nitrogens with one attached hydrogen (secondary N) is 1. The fourth-order valence-corrected chi connectivity index (χ4v) is 2.12.